The fraction of sp³-hybridized carbons (Fsp3) is 0.412. The quantitative estimate of drug-likeness (QED) is 0.657. The molecule has 0 fully saturated rings. The van der Waals surface area contributed by atoms with Gasteiger partial charge in [-0.1, -0.05) is 34.1 Å². The molecule has 0 aliphatic carbocycles. The van der Waals surface area contributed by atoms with Crippen molar-refractivity contribution in [3.05, 3.63) is 51.3 Å². The number of benzene rings is 1. The molecule has 1 aromatic heterocycles. The molecule has 6 heteroatoms. The lowest BCUT2D eigenvalue weighted by Crippen LogP contribution is -2.38. The Balaban J connectivity index is 2.04. The zero-order chi connectivity index (χ0) is 17.0. The van der Waals surface area contributed by atoms with Gasteiger partial charge in [-0.15, -0.1) is 0 Å². The fourth-order valence-electron chi connectivity index (χ4n) is 2.58. The van der Waals surface area contributed by atoms with Gasteiger partial charge in [-0.3, -0.25) is 9.67 Å². The minimum absolute atomic E-state index is 0.721. The van der Waals surface area contributed by atoms with E-state index in [9.17, 15) is 0 Å². The molecule has 0 amide bonds. The average molecular weight is 378 g/mol. The van der Waals surface area contributed by atoms with Gasteiger partial charge in [0.05, 0.1) is 5.69 Å². The molecule has 0 radical (unpaired) electrons. The minimum atomic E-state index is 0.721. The molecule has 1 N–H and O–H groups in total. The van der Waals surface area contributed by atoms with Gasteiger partial charge in [-0.05, 0) is 25.5 Å². The maximum absolute atomic E-state index is 4.46. The zero-order valence-corrected chi connectivity index (χ0v) is 16.0. The maximum atomic E-state index is 4.46. The molecule has 0 atom stereocenters. The maximum Gasteiger partial charge on any atom is 0.193 e. The van der Waals surface area contributed by atoms with E-state index in [2.05, 4.69) is 55.3 Å². The Kier molecular flexibility index (Phi) is 5.82. The fourth-order valence-corrected chi connectivity index (χ4v) is 2.99. The standard InChI is InChI=1S/C17H24BrN5/c1-12-15(13(2)23(5)21-12)10-20-17(19-3)22(4)11-14-8-6-7-9-16(14)18/h6-9H,10-11H2,1-5H3,(H,19,20). The van der Waals surface area contributed by atoms with Crippen LogP contribution in [-0.2, 0) is 20.1 Å². The molecule has 0 bridgehead atoms. The number of aromatic nitrogens is 2. The van der Waals surface area contributed by atoms with Crippen LogP contribution in [0.15, 0.2) is 33.7 Å². The van der Waals surface area contributed by atoms with E-state index in [1.165, 1.54) is 16.8 Å². The molecule has 0 saturated heterocycles. The Bertz CT molecular complexity index is 705. The van der Waals surface area contributed by atoms with Crippen LogP contribution in [0.4, 0.5) is 0 Å². The van der Waals surface area contributed by atoms with Crippen LogP contribution in [0.2, 0.25) is 0 Å². The second-order valence-corrected chi connectivity index (χ2v) is 6.48. The number of guanidine groups is 1. The van der Waals surface area contributed by atoms with Crippen LogP contribution in [0.25, 0.3) is 0 Å². The Morgan fingerprint density at radius 2 is 2.04 bits per heavy atom. The van der Waals surface area contributed by atoms with Gasteiger partial charge in [-0.2, -0.15) is 5.10 Å². The van der Waals surface area contributed by atoms with Gasteiger partial charge in [-0.25, -0.2) is 0 Å². The summed E-state index contributed by atoms with van der Waals surface area (Å²) < 4.78 is 3.03. The lowest BCUT2D eigenvalue weighted by molar-refractivity contribution is 0.475. The molecule has 0 aliphatic heterocycles. The van der Waals surface area contributed by atoms with E-state index in [0.29, 0.717) is 0 Å². The highest BCUT2D eigenvalue weighted by molar-refractivity contribution is 9.10. The highest BCUT2D eigenvalue weighted by atomic mass is 79.9. The van der Waals surface area contributed by atoms with Gasteiger partial charge in [0.25, 0.3) is 0 Å². The van der Waals surface area contributed by atoms with Crippen molar-refractivity contribution in [1.29, 1.82) is 0 Å². The van der Waals surface area contributed by atoms with Gasteiger partial charge in [0.1, 0.15) is 0 Å². The van der Waals surface area contributed by atoms with Crippen molar-refractivity contribution in [2.45, 2.75) is 26.9 Å². The van der Waals surface area contributed by atoms with Crippen molar-refractivity contribution in [1.82, 2.24) is 20.0 Å². The summed E-state index contributed by atoms with van der Waals surface area (Å²) in [6.07, 6.45) is 0. The molecule has 0 saturated carbocycles. The molecular formula is C17H24BrN5. The lowest BCUT2D eigenvalue weighted by atomic mass is 10.2. The van der Waals surface area contributed by atoms with E-state index in [4.69, 9.17) is 0 Å². The molecule has 2 rings (SSSR count). The monoisotopic (exact) mass is 377 g/mol. The Hall–Kier alpha value is -1.82. The number of nitrogens with one attached hydrogen (secondary N) is 1. The molecule has 1 heterocycles. The summed E-state index contributed by atoms with van der Waals surface area (Å²) in [5.41, 5.74) is 4.69. The molecule has 1 aromatic carbocycles. The second kappa shape index (κ2) is 7.64. The molecule has 0 unspecified atom stereocenters. The summed E-state index contributed by atoms with van der Waals surface area (Å²) in [5.74, 6) is 0.864. The Labute approximate surface area is 146 Å². The highest BCUT2D eigenvalue weighted by Gasteiger charge is 2.12. The number of hydrogen-bond acceptors (Lipinski definition) is 2. The first-order chi connectivity index (χ1) is 10.9. The van der Waals surface area contributed by atoms with Gasteiger partial charge in [0, 0.05) is 50.0 Å². The van der Waals surface area contributed by atoms with Crippen LogP contribution in [-0.4, -0.2) is 34.7 Å². The van der Waals surface area contributed by atoms with E-state index < -0.39 is 0 Å². The van der Waals surface area contributed by atoms with Crippen LogP contribution >= 0.6 is 15.9 Å². The molecule has 23 heavy (non-hydrogen) atoms. The largest absolute Gasteiger partial charge is 0.352 e. The van der Waals surface area contributed by atoms with Crippen molar-refractivity contribution in [2.75, 3.05) is 14.1 Å². The topological polar surface area (TPSA) is 45.5 Å². The predicted molar refractivity (Wildman–Crippen MR) is 98.5 cm³/mol. The van der Waals surface area contributed by atoms with Crippen molar-refractivity contribution >= 4 is 21.9 Å². The summed E-state index contributed by atoms with van der Waals surface area (Å²) >= 11 is 3.60. The van der Waals surface area contributed by atoms with E-state index in [1.807, 2.05) is 44.9 Å². The minimum Gasteiger partial charge on any atom is -0.352 e. The van der Waals surface area contributed by atoms with Crippen LogP contribution in [0, 0.1) is 13.8 Å². The summed E-state index contributed by atoms with van der Waals surface area (Å²) in [7, 11) is 5.82. The second-order valence-electron chi connectivity index (χ2n) is 5.62. The van der Waals surface area contributed by atoms with Crippen LogP contribution < -0.4 is 5.32 Å². The van der Waals surface area contributed by atoms with E-state index in [0.717, 1.165) is 29.2 Å². The first-order valence-corrected chi connectivity index (χ1v) is 8.37. The third-order valence-corrected chi connectivity index (χ3v) is 4.79. The summed E-state index contributed by atoms with van der Waals surface area (Å²) in [6.45, 7) is 5.63. The number of halogens is 1. The zero-order valence-electron chi connectivity index (χ0n) is 14.4. The summed E-state index contributed by atoms with van der Waals surface area (Å²) in [6, 6.07) is 8.24. The summed E-state index contributed by atoms with van der Waals surface area (Å²) in [5, 5.41) is 7.88. The number of hydrogen-bond donors (Lipinski definition) is 1. The molecule has 0 aliphatic rings. The van der Waals surface area contributed by atoms with Crippen molar-refractivity contribution in [3.63, 3.8) is 0 Å². The summed E-state index contributed by atoms with van der Waals surface area (Å²) in [4.78, 5) is 6.50. The molecule has 0 spiro atoms. The molecule has 5 nitrogen and oxygen atoms in total. The number of aryl methyl sites for hydroxylation is 2. The van der Waals surface area contributed by atoms with Crippen LogP contribution in [0.1, 0.15) is 22.5 Å². The highest BCUT2D eigenvalue weighted by Crippen LogP contribution is 2.17. The Morgan fingerprint density at radius 3 is 2.61 bits per heavy atom. The van der Waals surface area contributed by atoms with E-state index in [-0.39, 0.29) is 0 Å². The van der Waals surface area contributed by atoms with Crippen molar-refractivity contribution in [3.8, 4) is 0 Å². The van der Waals surface area contributed by atoms with Gasteiger partial charge >= 0.3 is 0 Å². The van der Waals surface area contributed by atoms with Gasteiger partial charge < -0.3 is 10.2 Å². The first kappa shape index (κ1) is 17.5. The molecular weight excluding hydrogens is 354 g/mol. The third-order valence-electron chi connectivity index (χ3n) is 4.02. The first-order valence-electron chi connectivity index (χ1n) is 7.58. The van der Waals surface area contributed by atoms with E-state index >= 15 is 0 Å². The SMILES string of the molecule is CN=C(NCc1c(C)nn(C)c1C)N(C)Cc1ccccc1Br. The van der Waals surface area contributed by atoms with Gasteiger partial charge in [0.15, 0.2) is 5.96 Å². The van der Waals surface area contributed by atoms with Crippen LogP contribution in [0.5, 0.6) is 0 Å². The number of nitrogens with zero attached hydrogens (tertiary/aromatic N) is 4. The van der Waals surface area contributed by atoms with Gasteiger partial charge in [0.2, 0.25) is 0 Å². The smallest absolute Gasteiger partial charge is 0.193 e. The predicted octanol–water partition coefficient (Wildman–Crippen LogP) is 3.01. The average Bonchev–Trinajstić information content (AvgIpc) is 2.76. The normalized spacial score (nSPS) is 11.7. The van der Waals surface area contributed by atoms with Crippen molar-refractivity contribution in [2.24, 2.45) is 12.0 Å². The lowest BCUT2D eigenvalue weighted by Gasteiger charge is -2.22. The van der Waals surface area contributed by atoms with Crippen LogP contribution in [0.3, 0.4) is 0 Å². The third kappa shape index (κ3) is 4.13. The molecule has 124 valence electrons. The number of rotatable bonds is 4. The number of aliphatic imine (C=N–C) groups is 1. The Morgan fingerprint density at radius 1 is 1.35 bits per heavy atom. The van der Waals surface area contributed by atoms with Crippen molar-refractivity contribution < 1.29 is 0 Å². The van der Waals surface area contributed by atoms with E-state index in [1.54, 1.807) is 0 Å². The molecule has 2 aromatic rings.